The Morgan fingerprint density at radius 2 is 2.07 bits per heavy atom. The minimum Gasteiger partial charge on any atom is -0.454 e. The van der Waals surface area contributed by atoms with Crippen molar-refractivity contribution in [2.45, 2.75) is 39.2 Å². The van der Waals surface area contributed by atoms with Crippen LogP contribution in [0.5, 0.6) is 0 Å². The second kappa shape index (κ2) is 7.55. The number of nitrogen functional groups attached to an aromatic ring is 1. The minimum atomic E-state index is -0.514. The predicted molar refractivity (Wildman–Crippen MR) is 108 cm³/mol. The van der Waals surface area contributed by atoms with Gasteiger partial charge in [0.15, 0.2) is 12.4 Å². The molecule has 0 saturated heterocycles. The summed E-state index contributed by atoms with van der Waals surface area (Å²) in [7, 11) is 0. The second-order valence-corrected chi connectivity index (χ2v) is 7.84. The Morgan fingerprint density at radius 1 is 1.25 bits per heavy atom. The molecule has 1 aromatic carbocycles. The van der Waals surface area contributed by atoms with E-state index in [4.69, 9.17) is 10.5 Å². The topological polar surface area (TPSA) is 107 Å². The van der Waals surface area contributed by atoms with Crippen molar-refractivity contribution in [3.63, 3.8) is 0 Å². The average Bonchev–Trinajstić information content (AvgIpc) is 3.04. The van der Waals surface area contributed by atoms with Crippen molar-refractivity contribution in [2.24, 2.45) is 0 Å². The summed E-state index contributed by atoms with van der Waals surface area (Å²) in [5.41, 5.74) is 8.34. The Balaban J connectivity index is 1.51. The number of nitrogens with zero attached hydrogens (tertiary/aromatic N) is 2. The van der Waals surface area contributed by atoms with Crippen LogP contribution in [0.2, 0.25) is 0 Å². The number of esters is 1. The van der Waals surface area contributed by atoms with Crippen molar-refractivity contribution in [2.75, 3.05) is 11.1 Å². The number of thiophene rings is 1. The van der Waals surface area contributed by atoms with Gasteiger partial charge in [0.2, 0.25) is 5.91 Å². The smallest absolute Gasteiger partial charge is 0.338 e. The van der Waals surface area contributed by atoms with Crippen molar-refractivity contribution >= 4 is 44.9 Å². The van der Waals surface area contributed by atoms with E-state index in [0.29, 0.717) is 22.9 Å². The maximum absolute atomic E-state index is 12.3. The van der Waals surface area contributed by atoms with E-state index in [0.717, 1.165) is 29.5 Å². The van der Waals surface area contributed by atoms with Gasteiger partial charge in [-0.3, -0.25) is 4.79 Å². The van der Waals surface area contributed by atoms with E-state index in [1.165, 1.54) is 23.8 Å². The van der Waals surface area contributed by atoms with Crippen LogP contribution in [0, 0.1) is 0 Å². The molecule has 144 valence electrons. The fourth-order valence-electron chi connectivity index (χ4n) is 3.44. The molecular weight excluding hydrogens is 376 g/mol. The zero-order valence-electron chi connectivity index (χ0n) is 15.4. The summed E-state index contributed by atoms with van der Waals surface area (Å²) < 4.78 is 5.35. The number of nitrogens with one attached hydrogen (secondary N) is 1. The van der Waals surface area contributed by atoms with Crippen LogP contribution < -0.4 is 11.1 Å². The number of amides is 1. The third-order valence-corrected chi connectivity index (χ3v) is 5.83. The molecule has 0 saturated carbocycles. The van der Waals surface area contributed by atoms with Crippen LogP contribution >= 0.6 is 11.3 Å². The van der Waals surface area contributed by atoms with Gasteiger partial charge in [-0.15, -0.1) is 11.3 Å². The largest absolute Gasteiger partial charge is 0.454 e. The third-order valence-electron chi connectivity index (χ3n) is 4.64. The molecule has 0 aliphatic heterocycles. The lowest BCUT2D eigenvalue weighted by molar-refractivity contribution is -0.114. The van der Waals surface area contributed by atoms with Gasteiger partial charge in [0.1, 0.15) is 10.6 Å². The Labute approximate surface area is 165 Å². The molecule has 1 aliphatic carbocycles. The summed E-state index contributed by atoms with van der Waals surface area (Å²) in [5.74, 6) is 0.111. The number of aryl methyl sites for hydroxylation is 2. The molecule has 2 heterocycles. The summed E-state index contributed by atoms with van der Waals surface area (Å²) >= 11 is 1.65. The van der Waals surface area contributed by atoms with Crippen molar-refractivity contribution in [1.82, 2.24) is 9.97 Å². The summed E-state index contributed by atoms with van der Waals surface area (Å²) in [6, 6.07) is 6.57. The molecule has 0 bridgehead atoms. The molecule has 28 heavy (non-hydrogen) atoms. The number of nitrogens with two attached hydrogens (primary N) is 1. The molecule has 0 unspecified atom stereocenters. The first kappa shape index (κ1) is 18.4. The van der Waals surface area contributed by atoms with Crippen LogP contribution in [0.1, 0.15) is 46.4 Å². The van der Waals surface area contributed by atoms with Crippen LogP contribution in [0.3, 0.4) is 0 Å². The first-order chi connectivity index (χ1) is 13.5. The number of carbonyl (C=O) groups is 2. The molecule has 1 amide bonds. The highest BCUT2D eigenvalue weighted by Crippen LogP contribution is 2.37. The summed E-state index contributed by atoms with van der Waals surface area (Å²) in [6.07, 6.45) is 4.43. The lowest BCUT2D eigenvalue weighted by atomic mass is 9.97. The Bertz CT molecular complexity index is 1080. The number of fused-ring (bicyclic) bond motifs is 3. The molecule has 0 atom stereocenters. The van der Waals surface area contributed by atoms with Crippen LogP contribution in [0.25, 0.3) is 10.2 Å². The normalized spacial score (nSPS) is 13.2. The molecule has 2 aromatic heterocycles. The Morgan fingerprint density at radius 3 is 2.89 bits per heavy atom. The standard InChI is InChI=1S/C20H20N4O3S/c1-11(25)22-13-6-4-5-12(9-13)20(26)27-10-16-23-18(21)17-14-7-2-3-8-15(14)28-19(17)24-16/h4-6,9H,2-3,7-8,10H2,1H3,(H,22,25)(H2,21,23,24). The van der Waals surface area contributed by atoms with Gasteiger partial charge in [0, 0.05) is 17.5 Å². The highest BCUT2D eigenvalue weighted by molar-refractivity contribution is 7.19. The summed E-state index contributed by atoms with van der Waals surface area (Å²) in [4.78, 5) is 34.6. The number of hydrogen-bond acceptors (Lipinski definition) is 7. The predicted octanol–water partition coefficient (Wildman–Crippen LogP) is 3.47. The van der Waals surface area contributed by atoms with Crippen molar-refractivity contribution in [3.05, 3.63) is 46.1 Å². The van der Waals surface area contributed by atoms with Crippen LogP contribution in [0.15, 0.2) is 24.3 Å². The lowest BCUT2D eigenvalue weighted by Gasteiger charge is -2.11. The van der Waals surface area contributed by atoms with Gasteiger partial charge in [-0.1, -0.05) is 6.07 Å². The molecule has 0 spiro atoms. The molecular formula is C20H20N4O3S. The number of benzene rings is 1. The highest BCUT2D eigenvalue weighted by Gasteiger charge is 2.20. The van der Waals surface area contributed by atoms with Gasteiger partial charge in [0.05, 0.1) is 10.9 Å². The van der Waals surface area contributed by atoms with Gasteiger partial charge in [-0.2, -0.15) is 0 Å². The van der Waals surface area contributed by atoms with Crippen molar-refractivity contribution < 1.29 is 14.3 Å². The molecule has 8 heteroatoms. The van der Waals surface area contributed by atoms with Gasteiger partial charge >= 0.3 is 5.97 Å². The Kier molecular flexibility index (Phi) is 4.95. The molecule has 3 aromatic rings. The van der Waals surface area contributed by atoms with E-state index in [9.17, 15) is 9.59 Å². The zero-order chi connectivity index (χ0) is 19.7. The number of hydrogen-bond donors (Lipinski definition) is 2. The van der Waals surface area contributed by atoms with Crippen LogP contribution in [0.4, 0.5) is 11.5 Å². The molecule has 4 rings (SSSR count). The van der Waals surface area contributed by atoms with Gasteiger partial charge in [0.25, 0.3) is 0 Å². The van der Waals surface area contributed by atoms with Gasteiger partial charge in [-0.25, -0.2) is 14.8 Å². The number of carbonyl (C=O) groups excluding carboxylic acids is 2. The van der Waals surface area contributed by atoms with E-state index >= 15 is 0 Å². The van der Waals surface area contributed by atoms with Gasteiger partial charge < -0.3 is 15.8 Å². The van der Waals surface area contributed by atoms with E-state index in [2.05, 4.69) is 15.3 Å². The molecule has 0 fully saturated rings. The maximum atomic E-state index is 12.3. The number of aromatic nitrogens is 2. The third kappa shape index (κ3) is 3.68. The first-order valence-corrected chi connectivity index (χ1v) is 9.94. The van der Waals surface area contributed by atoms with Crippen molar-refractivity contribution in [1.29, 1.82) is 0 Å². The SMILES string of the molecule is CC(=O)Nc1cccc(C(=O)OCc2nc(N)c3c4c(sc3n2)CCCC4)c1. The Hall–Kier alpha value is -3.00. The van der Waals surface area contributed by atoms with E-state index in [-0.39, 0.29) is 12.5 Å². The zero-order valence-corrected chi connectivity index (χ0v) is 16.3. The lowest BCUT2D eigenvalue weighted by Crippen LogP contribution is -2.10. The van der Waals surface area contributed by atoms with Crippen LogP contribution in [-0.2, 0) is 29.0 Å². The molecule has 7 nitrogen and oxygen atoms in total. The molecule has 1 aliphatic rings. The minimum absolute atomic E-state index is 0.0636. The van der Waals surface area contributed by atoms with E-state index in [1.54, 1.807) is 35.6 Å². The van der Waals surface area contributed by atoms with E-state index in [1.807, 2.05) is 0 Å². The summed E-state index contributed by atoms with van der Waals surface area (Å²) in [6.45, 7) is 1.34. The number of rotatable bonds is 4. The van der Waals surface area contributed by atoms with E-state index < -0.39 is 5.97 Å². The average molecular weight is 396 g/mol. The number of ether oxygens (including phenoxy) is 1. The second-order valence-electron chi connectivity index (χ2n) is 6.75. The molecule has 0 radical (unpaired) electrons. The quantitative estimate of drug-likeness (QED) is 0.654. The fourth-order valence-corrected chi connectivity index (χ4v) is 4.72. The monoisotopic (exact) mass is 396 g/mol. The molecule has 3 N–H and O–H groups in total. The van der Waals surface area contributed by atoms with Gasteiger partial charge in [-0.05, 0) is 49.4 Å². The van der Waals surface area contributed by atoms with Crippen molar-refractivity contribution in [3.8, 4) is 0 Å². The number of anilines is 2. The fraction of sp³-hybridized carbons (Fsp3) is 0.300. The maximum Gasteiger partial charge on any atom is 0.338 e. The highest BCUT2D eigenvalue weighted by atomic mass is 32.1. The van der Waals surface area contributed by atoms with Crippen LogP contribution in [-0.4, -0.2) is 21.8 Å². The first-order valence-electron chi connectivity index (χ1n) is 9.12. The summed E-state index contributed by atoms with van der Waals surface area (Å²) in [5, 5.41) is 3.59.